The number of allylic oxidation sites excluding steroid dienone is 4. The maximum absolute atomic E-state index is 12.3. The Balaban J connectivity index is 2.31. The number of benzene rings is 1. The molecule has 3 rings (SSSR count). The van der Waals surface area contributed by atoms with Crippen molar-refractivity contribution in [3.8, 4) is 0 Å². The van der Waals surface area contributed by atoms with E-state index in [4.69, 9.17) is 23.2 Å². The highest BCUT2D eigenvalue weighted by molar-refractivity contribution is 9.12. The first-order chi connectivity index (χ1) is 9.52. The summed E-state index contributed by atoms with van der Waals surface area (Å²) in [5.74, 6) is -0.948. The smallest absolute Gasteiger partial charge is 0.213 e. The third-order valence-corrected chi connectivity index (χ3v) is 4.81. The van der Waals surface area contributed by atoms with Gasteiger partial charge in [0.25, 0.3) is 0 Å². The van der Waals surface area contributed by atoms with Crippen molar-refractivity contribution in [2.45, 2.75) is 0 Å². The van der Waals surface area contributed by atoms with E-state index < -0.39 is 11.6 Å². The summed E-state index contributed by atoms with van der Waals surface area (Å²) in [5.41, 5.74) is 1.57. The number of H-pyrrole nitrogens is 1. The number of ketones is 2. The van der Waals surface area contributed by atoms with Crippen LogP contribution in [0.2, 0.25) is 0 Å². The summed E-state index contributed by atoms with van der Waals surface area (Å²) in [5, 5.41) is 0.534. The quantitative estimate of drug-likeness (QED) is 0.767. The lowest BCUT2D eigenvalue weighted by molar-refractivity contribution is -0.113. The first kappa shape index (κ1) is 13.6. The minimum absolute atomic E-state index is 0.000778. The number of rotatable bonds is 1. The van der Waals surface area contributed by atoms with Crippen LogP contribution in [0, 0.1) is 0 Å². The Kier molecular flexibility index (Phi) is 3.32. The predicted molar refractivity (Wildman–Crippen MR) is 82.9 cm³/mol. The van der Waals surface area contributed by atoms with E-state index in [1.54, 1.807) is 18.3 Å². The topological polar surface area (TPSA) is 49.9 Å². The van der Waals surface area contributed by atoms with Crippen molar-refractivity contribution in [1.29, 1.82) is 0 Å². The van der Waals surface area contributed by atoms with Gasteiger partial charge in [0.2, 0.25) is 11.6 Å². The lowest BCUT2D eigenvalue weighted by atomic mass is 9.93. The van der Waals surface area contributed by atoms with Crippen LogP contribution in [0.3, 0.4) is 0 Å². The Morgan fingerprint density at radius 2 is 1.75 bits per heavy atom. The molecule has 2 aromatic rings. The summed E-state index contributed by atoms with van der Waals surface area (Å²) in [6.45, 7) is 0. The fourth-order valence-electron chi connectivity index (χ4n) is 2.16. The fourth-order valence-corrected chi connectivity index (χ4v) is 3.12. The number of hydrogen-bond acceptors (Lipinski definition) is 2. The van der Waals surface area contributed by atoms with Gasteiger partial charge in [-0.1, -0.05) is 35.3 Å². The molecule has 3 nitrogen and oxygen atoms in total. The average Bonchev–Trinajstić information content (AvgIpc) is 2.92. The van der Waals surface area contributed by atoms with Gasteiger partial charge in [-0.05, 0) is 33.6 Å². The van der Waals surface area contributed by atoms with Gasteiger partial charge in [-0.15, -0.1) is 0 Å². The second kappa shape index (κ2) is 4.88. The monoisotopic (exact) mass is 369 g/mol. The van der Waals surface area contributed by atoms with E-state index in [0.29, 0.717) is 5.56 Å². The zero-order valence-electron chi connectivity index (χ0n) is 9.84. The highest BCUT2D eigenvalue weighted by Gasteiger charge is 2.33. The zero-order valence-corrected chi connectivity index (χ0v) is 12.9. The number of aromatic nitrogens is 1. The Morgan fingerprint density at radius 1 is 1.00 bits per heavy atom. The number of carbonyl (C=O) groups excluding carboxylic acids is 2. The highest BCUT2D eigenvalue weighted by Crippen LogP contribution is 2.38. The number of Topliss-reactive ketones (excluding diaryl/α,β-unsaturated/α-hetero) is 2. The second-order valence-electron chi connectivity index (χ2n) is 4.22. The summed E-state index contributed by atoms with van der Waals surface area (Å²) in [7, 11) is 0. The van der Waals surface area contributed by atoms with Crippen LogP contribution in [-0.4, -0.2) is 16.6 Å². The fraction of sp³-hybridized carbons (Fsp3) is 0. The SMILES string of the molecule is O=C1C(Cl)=C(c2cccc3[nH]ccc23)C(=O)C(Cl)=C1Br. The molecule has 1 aliphatic rings. The van der Waals surface area contributed by atoms with E-state index in [2.05, 4.69) is 20.9 Å². The first-order valence-corrected chi connectivity index (χ1v) is 7.18. The first-order valence-electron chi connectivity index (χ1n) is 5.63. The van der Waals surface area contributed by atoms with Gasteiger partial charge in [-0.2, -0.15) is 0 Å². The molecule has 0 amide bonds. The van der Waals surface area contributed by atoms with E-state index in [-0.39, 0.29) is 20.1 Å². The molecule has 1 heterocycles. The van der Waals surface area contributed by atoms with E-state index in [0.717, 1.165) is 10.9 Å². The van der Waals surface area contributed by atoms with Crippen molar-refractivity contribution in [3.63, 3.8) is 0 Å². The van der Waals surface area contributed by atoms with Crippen LogP contribution in [0.25, 0.3) is 16.5 Å². The second-order valence-corrected chi connectivity index (χ2v) is 5.77. The van der Waals surface area contributed by atoms with Crippen molar-refractivity contribution < 1.29 is 9.59 Å². The highest BCUT2D eigenvalue weighted by atomic mass is 79.9. The number of halogens is 3. The Bertz CT molecular complexity index is 833. The molecule has 0 aliphatic heterocycles. The molecule has 0 saturated heterocycles. The van der Waals surface area contributed by atoms with Gasteiger partial charge in [0.15, 0.2) is 0 Å². The maximum Gasteiger partial charge on any atom is 0.213 e. The largest absolute Gasteiger partial charge is 0.361 e. The molecule has 20 heavy (non-hydrogen) atoms. The standard InChI is InChI=1S/C14H6BrCl2NO2/c15-10-12(17)13(19)9(11(16)14(10)20)7-2-1-3-8-6(7)4-5-18-8/h1-5,18H. The van der Waals surface area contributed by atoms with Crippen molar-refractivity contribution >= 4 is 67.2 Å². The van der Waals surface area contributed by atoms with Gasteiger partial charge < -0.3 is 4.98 Å². The minimum atomic E-state index is -0.487. The molecular formula is C14H6BrCl2NO2. The van der Waals surface area contributed by atoms with Gasteiger partial charge in [0.1, 0.15) is 10.1 Å². The Labute approximate surface area is 132 Å². The van der Waals surface area contributed by atoms with Gasteiger partial charge in [0.05, 0.1) is 10.1 Å². The van der Waals surface area contributed by atoms with Crippen molar-refractivity contribution in [2.24, 2.45) is 0 Å². The molecule has 1 aliphatic carbocycles. The molecular weight excluding hydrogens is 365 g/mol. The molecule has 0 saturated carbocycles. The normalized spacial score (nSPS) is 16.6. The van der Waals surface area contributed by atoms with Crippen LogP contribution in [-0.2, 0) is 9.59 Å². The summed E-state index contributed by atoms with van der Waals surface area (Å²) >= 11 is 15.0. The van der Waals surface area contributed by atoms with Gasteiger partial charge in [-0.25, -0.2) is 0 Å². The summed E-state index contributed by atoms with van der Waals surface area (Å²) in [6, 6.07) is 7.21. The van der Waals surface area contributed by atoms with Crippen LogP contribution >= 0.6 is 39.1 Å². The number of carbonyl (C=O) groups is 2. The number of nitrogens with one attached hydrogen (secondary N) is 1. The zero-order chi connectivity index (χ0) is 14.4. The molecule has 1 N–H and O–H groups in total. The van der Waals surface area contributed by atoms with E-state index in [9.17, 15) is 9.59 Å². The maximum atomic E-state index is 12.3. The van der Waals surface area contributed by atoms with Crippen LogP contribution < -0.4 is 0 Å². The summed E-state index contributed by atoms with van der Waals surface area (Å²) in [6.07, 6.45) is 1.76. The van der Waals surface area contributed by atoms with E-state index in [1.165, 1.54) is 0 Å². The number of aromatic amines is 1. The van der Waals surface area contributed by atoms with Crippen molar-refractivity contribution in [3.05, 3.63) is 50.6 Å². The molecule has 1 aromatic carbocycles. The lowest BCUT2D eigenvalue weighted by Gasteiger charge is -2.15. The molecule has 0 atom stereocenters. The predicted octanol–water partition coefficient (Wildman–Crippen LogP) is 4.11. The molecule has 0 fully saturated rings. The third kappa shape index (κ3) is 1.87. The summed E-state index contributed by atoms with van der Waals surface area (Å²) < 4.78 is -0.000778. The van der Waals surface area contributed by atoms with Crippen LogP contribution in [0.15, 0.2) is 45.0 Å². The third-order valence-electron chi connectivity index (χ3n) is 3.10. The number of fused-ring (bicyclic) bond motifs is 1. The van der Waals surface area contributed by atoms with Crippen LogP contribution in [0.1, 0.15) is 5.56 Å². The van der Waals surface area contributed by atoms with Crippen molar-refractivity contribution in [2.75, 3.05) is 0 Å². The molecule has 6 heteroatoms. The molecule has 0 bridgehead atoms. The average molecular weight is 371 g/mol. The minimum Gasteiger partial charge on any atom is -0.361 e. The molecule has 0 radical (unpaired) electrons. The molecule has 1 aromatic heterocycles. The van der Waals surface area contributed by atoms with Gasteiger partial charge in [-0.3, -0.25) is 9.59 Å². The van der Waals surface area contributed by atoms with Gasteiger partial charge >= 0.3 is 0 Å². The van der Waals surface area contributed by atoms with Crippen molar-refractivity contribution in [1.82, 2.24) is 4.98 Å². The molecule has 100 valence electrons. The lowest BCUT2D eigenvalue weighted by Crippen LogP contribution is -2.16. The number of hydrogen-bond donors (Lipinski definition) is 1. The van der Waals surface area contributed by atoms with E-state index >= 15 is 0 Å². The Morgan fingerprint density at radius 3 is 2.50 bits per heavy atom. The Hall–Kier alpha value is -1.36. The van der Waals surface area contributed by atoms with Gasteiger partial charge in [0, 0.05) is 17.1 Å². The van der Waals surface area contributed by atoms with Crippen LogP contribution in [0.4, 0.5) is 0 Å². The summed E-state index contributed by atoms with van der Waals surface area (Å²) in [4.78, 5) is 27.4. The van der Waals surface area contributed by atoms with E-state index in [1.807, 2.05) is 12.1 Å². The molecule has 0 unspecified atom stereocenters. The van der Waals surface area contributed by atoms with Crippen LogP contribution in [0.5, 0.6) is 0 Å². The molecule has 0 spiro atoms.